The summed E-state index contributed by atoms with van der Waals surface area (Å²) in [4.78, 5) is 24.5. The standard InChI is InChI=1S/C22H25N3O3S/c1-22(2,3)14-7-10-16-17(12-14)29-21-19(16)20(26)23-18(24-21)11-6-13-4-8-15(9-5-13)25(27)28/h4-6,8-9,11,14,18,24H,7,10,12H2,1-3H3,(H,23,26)/b11-6+/t14-,18-/m0/s1. The first-order valence-electron chi connectivity index (χ1n) is 9.87. The smallest absolute Gasteiger partial charge is 0.269 e. The number of benzene rings is 1. The summed E-state index contributed by atoms with van der Waals surface area (Å²) in [6.45, 7) is 6.88. The van der Waals surface area contributed by atoms with Gasteiger partial charge in [-0.25, -0.2) is 0 Å². The third-order valence-electron chi connectivity index (χ3n) is 5.88. The number of anilines is 1. The van der Waals surface area contributed by atoms with Crippen LogP contribution in [0.1, 0.15) is 53.6 Å². The van der Waals surface area contributed by atoms with Gasteiger partial charge in [0.1, 0.15) is 11.2 Å². The minimum absolute atomic E-state index is 0.0243. The number of fused-ring (bicyclic) bond motifs is 3. The van der Waals surface area contributed by atoms with E-state index in [2.05, 4.69) is 31.4 Å². The van der Waals surface area contributed by atoms with Crippen molar-refractivity contribution in [1.29, 1.82) is 0 Å². The molecule has 0 saturated carbocycles. The molecule has 1 aliphatic carbocycles. The molecule has 0 spiro atoms. The predicted molar refractivity (Wildman–Crippen MR) is 116 cm³/mol. The first kappa shape index (κ1) is 19.6. The molecule has 1 aliphatic heterocycles. The average molecular weight is 412 g/mol. The minimum atomic E-state index is -0.416. The van der Waals surface area contributed by atoms with Gasteiger partial charge in [-0.15, -0.1) is 11.3 Å². The van der Waals surface area contributed by atoms with E-state index >= 15 is 0 Å². The van der Waals surface area contributed by atoms with Crippen molar-refractivity contribution in [1.82, 2.24) is 5.32 Å². The fraction of sp³-hybridized carbons (Fsp3) is 0.409. The van der Waals surface area contributed by atoms with E-state index in [1.54, 1.807) is 23.5 Å². The van der Waals surface area contributed by atoms with Crippen molar-refractivity contribution in [2.75, 3.05) is 5.32 Å². The molecule has 6 nitrogen and oxygen atoms in total. The van der Waals surface area contributed by atoms with Gasteiger partial charge >= 0.3 is 0 Å². The molecule has 29 heavy (non-hydrogen) atoms. The Hall–Kier alpha value is -2.67. The fourth-order valence-electron chi connectivity index (χ4n) is 4.07. The summed E-state index contributed by atoms with van der Waals surface area (Å²) in [7, 11) is 0. The third kappa shape index (κ3) is 3.92. The van der Waals surface area contributed by atoms with Gasteiger partial charge in [-0.1, -0.05) is 26.8 Å². The summed E-state index contributed by atoms with van der Waals surface area (Å²) in [5.74, 6) is 0.611. The number of amides is 1. The van der Waals surface area contributed by atoms with Gasteiger partial charge in [-0.3, -0.25) is 14.9 Å². The zero-order chi connectivity index (χ0) is 20.8. The van der Waals surface area contributed by atoms with Crippen LogP contribution in [0.3, 0.4) is 0 Å². The van der Waals surface area contributed by atoms with E-state index in [4.69, 9.17) is 0 Å². The highest BCUT2D eigenvalue weighted by molar-refractivity contribution is 7.16. The molecular weight excluding hydrogens is 386 g/mol. The van der Waals surface area contributed by atoms with E-state index in [1.807, 2.05) is 12.2 Å². The van der Waals surface area contributed by atoms with Crippen molar-refractivity contribution in [3.05, 3.63) is 62.0 Å². The maximum absolute atomic E-state index is 12.8. The van der Waals surface area contributed by atoms with E-state index < -0.39 is 4.92 Å². The lowest BCUT2D eigenvalue weighted by molar-refractivity contribution is -0.384. The Morgan fingerprint density at radius 3 is 2.59 bits per heavy atom. The molecule has 2 aromatic rings. The Bertz CT molecular complexity index is 986. The Labute approximate surface area is 174 Å². The largest absolute Gasteiger partial charge is 0.353 e. The van der Waals surface area contributed by atoms with Crippen molar-refractivity contribution in [3.63, 3.8) is 0 Å². The van der Waals surface area contributed by atoms with Gasteiger partial charge in [0.05, 0.1) is 10.5 Å². The molecule has 2 N–H and O–H groups in total. The van der Waals surface area contributed by atoms with Crippen LogP contribution in [0.2, 0.25) is 0 Å². The number of carbonyl (C=O) groups is 1. The SMILES string of the molecule is CC(C)(C)[C@H]1CCc2c(sc3c2C(=O)N[C@H](/C=C/c2ccc([N+](=O)[O-])cc2)N3)C1. The summed E-state index contributed by atoms with van der Waals surface area (Å²) >= 11 is 1.71. The molecule has 0 fully saturated rings. The lowest BCUT2D eigenvalue weighted by Gasteiger charge is -2.34. The highest BCUT2D eigenvalue weighted by Crippen LogP contribution is 2.45. The second-order valence-corrected chi connectivity index (χ2v) is 9.92. The number of hydrogen-bond donors (Lipinski definition) is 2. The van der Waals surface area contributed by atoms with E-state index in [0.29, 0.717) is 5.92 Å². The zero-order valence-electron chi connectivity index (χ0n) is 16.8. The van der Waals surface area contributed by atoms with Crippen LogP contribution in [-0.4, -0.2) is 17.0 Å². The number of thiophene rings is 1. The van der Waals surface area contributed by atoms with Crippen LogP contribution in [0.5, 0.6) is 0 Å². The van der Waals surface area contributed by atoms with Gasteiger partial charge in [0.2, 0.25) is 0 Å². The molecule has 7 heteroatoms. The zero-order valence-corrected chi connectivity index (χ0v) is 17.6. The van der Waals surface area contributed by atoms with Crippen molar-refractivity contribution in [3.8, 4) is 0 Å². The van der Waals surface area contributed by atoms with Gasteiger partial charge in [0.15, 0.2) is 0 Å². The van der Waals surface area contributed by atoms with Gasteiger partial charge < -0.3 is 10.6 Å². The Morgan fingerprint density at radius 1 is 1.21 bits per heavy atom. The van der Waals surface area contributed by atoms with Gasteiger partial charge in [0, 0.05) is 17.0 Å². The molecule has 4 rings (SSSR count). The topological polar surface area (TPSA) is 84.3 Å². The van der Waals surface area contributed by atoms with Crippen molar-refractivity contribution in [2.45, 2.75) is 46.2 Å². The third-order valence-corrected chi connectivity index (χ3v) is 7.06. The first-order valence-corrected chi connectivity index (χ1v) is 10.7. The molecule has 2 heterocycles. The van der Waals surface area contributed by atoms with Crippen molar-refractivity contribution in [2.24, 2.45) is 11.3 Å². The van der Waals surface area contributed by atoms with E-state index in [0.717, 1.165) is 35.4 Å². The average Bonchev–Trinajstić information content (AvgIpc) is 3.04. The number of nitro groups is 1. The van der Waals surface area contributed by atoms with Gasteiger partial charge in [-0.2, -0.15) is 0 Å². The highest BCUT2D eigenvalue weighted by atomic mass is 32.1. The summed E-state index contributed by atoms with van der Waals surface area (Å²) in [5, 5.41) is 18.2. The predicted octanol–water partition coefficient (Wildman–Crippen LogP) is 5.00. The van der Waals surface area contributed by atoms with Crippen molar-refractivity contribution >= 4 is 34.0 Å². The number of nitro benzene ring substituents is 1. The number of nitrogens with zero attached hydrogens (tertiary/aromatic N) is 1. The van der Waals surface area contributed by atoms with Crippen LogP contribution in [-0.2, 0) is 12.8 Å². The van der Waals surface area contributed by atoms with Crippen LogP contribution in [0, 0.1) is 21.4 Å². The Balaban J connectivity index is 1.51. The quantitative estimate of drug-likeness (QED) is 0.550. The Kier molecular flexibility index (Phi) is 4.94. The molecule has 1 aromatic heterocycles. The molecular formula is C22H25N3O3S. The second kappa shape index (κ2) is 7.30. The number of carbonyl (C=O) groups excluding carboxylic acids is 1. The lowest BCUT2D eigenvalue weighted by atomic mass is 9.72. The van der Waals surface area contributed by atoms with E-state index in [1.165, 1.54) is 22.6 Å². The number of non-ortho nitro benzene ring substituents is 1. The number of nitrogens with one attached hydrogen (secondary N) is 2. The lowest BCUT2D eigenvalue weighted by Crippen LogP contribution is -2.43. The summed E-state index contributed by atoms with van der Waals surface area (Å²) in [5.41, 5.74) is 3.21. The fourth-order valence-corrected chi connectivity index (χ4v) is 5.43. The molecule has 152 valence electrons. The molecule has 1 aromatic carbocycles. The summed E-state index contributed by atoms with van der Waals surface area (Å²) < 4.78 is 0. The van der Waals surface area contributed by atoms with E-state index in [9.17, 15) is 14.9 Å². The Morgan fingerprint density at radius 2 is 1.93 bits per heavy atom. The monoisotopic (exact) mass is 411 g/mol. The van der Waals surface area contributed by atoms with Crippen LogP contribution in [0.4, 0.5) is 10.7 Å². The van der Waals surface area contributed by atoms with Crippen LogP contribution in [0.15, 0.2) is 30.3 Å². The summed E-state index contributed by atoms with van der Waals surface area (Å²) in [6.07, 6.45) is 6.55. The number of hydrogen-bond acceptors (Lipinski definition) is 5. The normalized spacial score (nSPS) is 21.3. The molecule has 2 aliphatic rings. The minimum Gasteiger partial charge on any atom is -0.353 e. The molecule has 0 saturated heterocycles. The van der Waals surface area contributed by atoms with Gasteiger partial charge in [0.25, 0.3) is 11.6 Å². The molecule has 1 amide bonds. The van der Waals surface area contributed by atoms with Gasteiger partial charge in [-0.05, 0) is 59.9 Å². The van der Waals surface area contributed by atoms with E-state index in [-0.39, 0.29) is 23.2 Å². The van der Waals surface area contributed by atoms with Crippen molar-refractivity contribution < 1.29 is 9.72 Å². The molecule has 0 bridgehead atoms. The maximum atomic E-state index is 12.8. The first-order chi connectivity index (χ1) is 13.7. The number of rotatable bonds is 3. The summed E-state index contributed by atoms with van der Waals surface area (Å²) in [6, 6.07) is 6.34. The van der Waals surface area contributed by atoms with Crippen LogP contribution in [0.25, 0.3) is 6.08 Å². The molecule has 0 radical (unpaired) electrons. The van der Waals surface area contributed by atoms with Crippen LogP contribution >= 0.6 is 11.3 Å². The van der Waals surface area contributed by atoms with Crippen LogP contribution < -0.4 is 10.6 Å². The highest BCUT2D eigenvalue weighted by Gasteiger charge is 2.35. The maximum Gasteiger partial charge on any atom is 0.269 e. The molecule has 2 atom stereocenters. The second-order valence-electron chi connectivity index (χ2n) is 8.82. The molecule has 0 unspecified atom stereocenters.